The summed E-state index contributed by atoms with van der Waals surface area (Å²) in [6.45, 7) is -0.497. The predicted octanol–water partition coefficient (Wildman–Crippen LogP) is 2.72. The molecule has 0 saturated carbocycles. The normalized spacial score (nSPS) is 11.0. The maximum Gasteiger partial charge on any atom is 0.271 e. The van der Waals surface area contributed by atoms with Crippen molar-refractivity contribution in [3.8, 4) is 0 Å². The molecule has 2 aromatic rings. The van der Waals surface area contributed by atoms with Crippen LogP contribution in [0, 0.1) is 10.1 Å². The van der Waals surface area contributed by atoms with Crippen LogP contribution in [0.3, 0.4) is 0 Å². The minimum absolute atomic E-state index is 0.0509. The molecule has 0 bridgehead atoms. The molecule has 0 aromatic heterocycles. The number of anilines is 2. The SMILES string of the molecule is CSc1ccccc1NC(=O)CN(c1cccc([N+](=O)[O-])c1)S(C)(=O)=O. The summed E-state index contributed by atoms with van der Waals surface area (Å²) in [7, 11) is -3.82. The van der Waals surface area contributed by atoms with Crippen LogP contribution in [0.1, 0.15) is 0 Å². The highest BCUT2D eigenvalue weighted by Gasteiger charge is 2.23. The fourth-order valence-electron chi connectivity index (χ4n) is 2.23. The summed E-state index contributed by atoms with van der Waals surface area (Å²) >= 11 is 1.44. The third-order valence-corrected chi connectivity index (χ3v) is 5.33. The van der Waals surface area contributed by atoms with Gasteiger partial charge in [-0.2, -0.15) is 0 Å². The fourth-order valence-corrected chi connectivity index (χ4v) is 3.63. The zero-order valence-electron chi connectivity index (χ0n) is 14.1. The molecule has 0 heterocycles. The summed E-state index contributed by atoms with van der Waals surface area (Å²) in [6.07, 6.45) is 2.80. The molecule has 0 fully saturated rings. The van der Waals surface area contributed by atoms with Crippen molar-refractivity contribution in [1.82, 2.24) is 0 Å². The van der Waals surface area contributed by atoms with Crippen molar-refractivity contribution in [2.75, 3.05) is 28.7 Å². The Morgan fingerprint density at radius 2 is 1.92 bits per heavy atom. The smallest absolute Gasteiger partial charge is 0.271 e. The second-order valence-corrected chi connectivity index (χ2v) is 8.05. The number of thioether (sulfide) groups is 1. The minimum atomic E-state index is -3.82. The molecule has 8 nitrogen and oxygen atoms in total. The van der Waals surface area contributed by atoms with Gasteiger partial charge in [0.15, 0.2) is 0 Å². The van der Waals surface area contributed by atoms with Crippen molar-refractivity contribution >= 4 is 44.8 Å². The minimum Gasteiger partial charge on any atom is -0.323 e. The standard InChI is InChI=1S/C16H17N3O5S2/c1-25-15-9-4-3-8-14(15)17-16(20)11-18(26(2,23)24)12-6-5-7-13(10-12)19(21)22/h3-10H,11H2,1-2H3,(H,17,20). The van der Waals surface area contributed by atoms with Gasteiger partial charge < -0.3 is 5.32 Å². The van der Waals surface area contributed by atoms with E-state index in [1.54, 1.807) is 12.1 Å². The number of hydrogen-bond donors (Lipinski definition) is 1. The molecule has 0 unspecified atom stereocenters. The van der Waals surface area contributed by atoms with Crippen LogP contribution in [0.2, 0.25) is 0 Å². The topological polar surface area (TPSA) is 110 Å². The zero-order chi connectivity index (χ0) is 19.3. The van der Waals surface area contributed by atoms with E-state index in [1.165, 1.54) is 30.0 Å². The first kappa shape index (κ1) is 19.7. The number of nitro benzene ring substituents is 1. The van der Waals surface area contributed by atoms with Crippen molar-refractivity contribution in [2.45, 2.75) is 4.90 Å². The highest BCUT2D eigenvalue weighted by atomic mass is 32.2. The first-order valence-electron chi connectivity index (χ1n) is 7.37. The van der Waals surface area contributed by atoms with Crippen LogP contribution in [0.4, 0.5) is 17.1 Å². The number of rotatable bonds is 7. The van der Waals surface area contributed by atoms with Crippen LogP contribution in [-0.2, 0) is 14.8 Å². The average Bonchev–Trinajstić information content (AvgIpc) is 2.59. The molecule has 138 valence electrons. The van der Waals surface area contributed by atoms with Gasteiger partial charge in [0.25, 0.3) is 5.69 Å². The van der Waals surface area contributed by atoms with Gasteiger partial charge in [-0.15, -0.1) is 11.8 Å². The quantitative estimate of drug-likeness (QED) is 0.438. The molecule has 0 atom stereocenters. The van der Waals surface area contributed by atoms with E-state index in [9.17, 15) is 23.3 Å². The Bertz CT molecular complexity index is 931. The number of nitro groups is 1. The summed E-state index contributed by atoms with van der Waals surface area (Å²) in [6, 6.07) is 12.3. The number of hydrogen-bond acceptors (Lipinski definition) is 6. The Morgan fingerprint density at radius 1 is 1.23 bits per heavy atom. The average molecular weight is 395 g/mol. The number of benzene rings is 2. The maximum absolute atomic E-state index is 12.4. The third-order valence-electron chi connectivity index (χ3n) is 3.40. The molecule has 26 heavy (non-hydrogen) atoms. The lowest BCUT2D eigenvalue weighted by atomic mass is 10.3. The Labute approximate surface area is 155 Å². The zero-order valence-corrected chi connectivity index (χ0v) is 15.7. The van der Waals surface area contributed by atoms with E-state index in [-0.39, 0.29) is 11.4 Å². The number of para-hydroxylation sites is 1. The van der Waals surface area contributed by atoms with Crippen LogP contribution in [0.25, 0.3) is 0 Å². The van der Waals surface area contributed by atoms with E-state index in [0.29, 0.717) is 5.69 Å². The van der Waals surface area contributed by atoms with Gasteiger partial charge in [-0.1, -0.05) is 18.2 Å². The molecule has 10 heteroatoms. The highest BCUT2D eigenvalue weighted by Crippen LogP contribution is 2.26. The van der Waals surface area contributed by atoms with Crippen LogP contribution in [0.5, 0.6) is 0 Å². The first-order chi connectivity index (χ1) is 12.2. The Morgan fingerprint density at radius 3 is 2.54 bits per heavy atom. The summed E-state index contributed by atoms with van der Waals surface area (Å²) in [5.41, 5.74) is 0.358. The molecule has 2 aromatic carbocycles. The van der Waals surface area contributed by atoms with Gasteiger partial charge in [0, 0.05) is 17.0 Å². The van der Waals surface area contributed by atoms with Gasteiger partial charge in [-0.3, -0.25) is 19.2 Å². The second kappa shape index (κ2) is 8.19. The lowest BCUT2D eigenvalue weighted by Gasteiger charge is -2.22. The van der Waals surface area contributed by atoms with Crippen LogP contribution >= 0.6 is 11.8 Å². The molecule has 0 radical (unpaired) electrons. The molecule has 1 amide bonds. The number of carbonyl (C=O) groups excluding carboxylic acids is 1. The Hall–Kier alpha value is -2.59. The summed E-state index contributed by atoms with van der Waals surface area (Å²) in [4.78, 5) is 23.5. The number of carbonyl (C=O) groups is 1. The Kier molecular flexibility index (Phi) is 6.22. The van der Waals surface area contributed by atoms with E-state index in [1.807, 2.05) is 18.4 Å². The van der Waals surface area contributed by atoms with E-state index in [4.69, 9.17) is 0 Å². The van der Waals surface area contributed by atoms with E-state index in [2.05, 4.69) is 5.32 Å². The lowest BCUT2D eigenvalue weighted by molar-refractivity contribution is -0.384. The Balaban J connectivity index is 2.28. The fraction of sp³-hybridized carbons (Fsp3) is 0.188. The molecular weight excluding hydrogens is 378 g/mol. The second-order valence-electron chi connectivity index (χ2n) is 5.30. The molecule has 0 aliphatic carbocycles. The molecule has 0 aliphatic rings. The third kappa shape index (κ3) is 4.96. The van der Waals surface area contributed by atoms with Gasteiger partial charge in [0.2, 0.25) is 15.9 Å². The molecular formula is C16H17N3O5S2. The van der Waals surface area contributed by atoms with Gasteiger partial charge in [-0.05, 0) is 24.5 Å². The van der Waals surface area contributed by atoms with Gasteiger partial charge in [0.1, 0.15) is 6.54 Å². The summed E-state index contributed by atoms with van der Waals surface area (Å²) < 4.78 is 25.0. The molecule has 2 rings (SSSR count). The van der Waals surface area contributed by atoms with E-state index >= 15 is 0 Å². The monoisotopic (exact) mass is 395 g/mol. The highest BCUT2D eigenvalue weighted by molar-refractivity contribution is 7.98. The number of nitrogens with one attached hydrogen (secondary N) is 1. The van der Waals surface area contributed by atoms with Crippen LogP contribution in [0.15, 0.2) is 53.4 Å². The number of amides is 1. The van der Waals surface area contributed by atoms with Crippen molar-refractivity contribution in [3.05, 3.63) is 58.6 Å². The van der Waals surface area contributed by atoms with E-state index < -0.39 is 27.4 Å². The van der Waals surface area contributed by atoms with Crippen molar-refractivity contribution in [3.63, 3.8) is 0 Å². The van der Waals surface area contributed by atoms with Gasteiger partial charge in [-0.25, -0.2) is 8.42 Å². The van der Waals surface area contributed by atoms with E-state index in [0.717, 1.165) is 21.5 Å². The molecule has 0 spiro atoms. The van der Waals surface area contributed by atoms with Crippen molar-refractivity contribution in [1.29, 1.82) is 0 Å². The lowest BCUT2D eigenvalue weighted by Crippen LogP contribution is -2.37. The largest absolute Gasteiger partial charge is 0.323 e. The molecule has 0 aliphatic heterocycles. The number of sulfonamides is 1. The van der Waals surface area contributed by atoms with Gasteiger partial charge in [0.05, 0.1) is 22.6 Å². The molecule has 0 saturated heterocycles. The summed E-state index contributed by atoms with van der Waals surface area (Å²) in [5, 5.41) is 13.6. The van der Waals surface area contributed by atoms with Crippen molar-refractivity contribution < 1.29 is 18.1 Å². The maximum atomic E-state index is 12.4. The molecule has 1 N–H and O–H groups in total. The van der Waals surface area contributed by atoms with Crippen LogP contribution < -0.4 is 9.62 Å². The summed E-state index contributed by atoms with van der Waals surface area (Å²) in [5.74, 6) is -0.552. The van der Waals surface area contributed by atoms with Crippen molar-refractivity contribution in [2.24, 2.45) is 0 Å². The number of non-ortho nitro benzene ring substituents is 1. The van der Waals surface area contributed by atoms with Gasteiger partial charge >= 0.3 is 0 Å². The number of nitrogens with zero attached hydrogens (tertiary/aromatic N) is 2. The predicted molar refractivity (Wildman–Crippen MR) is 102 cm³/mol. The first-order valence-corrected chi connectivity index (χ1v) is 10.4. The van der Waals surface area contributed by atoms with Crippen LogP contribution in [-0.4, -0.2) is 38.3 Å².